The molecular formula is C23H16BrClN4O2. The van der Waals surface area contributed by atoms with Crippen LogP contribution in [-0.4, -0.2) is 21.6 Å². The number of halogens is 2. The number of aromatic nitrogens is 2. The first-order valence-corrected chi connectivity index (χ1v) is 10.5. The van der Waals surface area contributed by atoms with Crippen molar-refractivity contribution in [3.05, 3.63) is 106 Å². The van der Waals surface area contributed by atoms with E-state index in [1.54, 1.807) is 48.5 Å². The van der Waals surface area contributed by atoms with E-state index in [2.05, 4.69) is 31.7 Å². The average molecular weight is 496 g/mol. The van der Waals surface area contributed by atoms with E-state index in [1.165, 1.54) is 10.9 Å². The number of hydrogen-bond acceptors (Lipinski definition) is 3. The minimum atomic E-state index is -0.421. The monoisotopic (exact) mass is 494 g/mol. The second-order valence-corrected chi connectivity index (χ2v) is 7.93. The Morgan fingerprint density at radius 3 is 2.32 bits per heavy atom. The summed E-state index contributed by atoms with van der Waals surface area (Å²) < 4.78 is 2.38. The molecule has 31 heavy (non-hydrogen) atoms. The maximum Gasteiger partial charge on any atom is 0.261 e. The molecule has 1 heterocycles. The van der Waals surface area contributed by atoms with Crippen LogP contribution in [0.4, 0.5) is 11.5 Å². The Balaban J connectivity index is 1.70. The van der Waals surface area contributed by atoms with Crippen molar-refractivity contribution >= 4 is 50.9 Å². The third-order valence-electron chi connectivity index (χ3n) is 4.44. The molecule has 0 spiro atoms. The van der Waals surface area contributed by atoms with Crippen LogP contribution >= 0.6 is 27.5 Å². The van der Waals surface area contributed by atoms with E-state index in [1.807, 2.05) is 30.3 Å². The molecule has 0 saturated carbocycles. The second kappa shape index (κ2) is 9.16. The van der Waals surface area contributed by atoms with Gasteiger partial charge in [-0.15, -0.1) is 0 Å². The molecule has 1 aromatic heterocycles. The SMILES string of the molecule is O=C(Nc1c(C(=O)Nc2cccc(Cl)c2)cnn1-c1ccccc1)c1ccc(Br)cc1. The summed E-state index contributed by atoms with van der Waals surface area (Å²) in [6.45, 7) is 0. The van der Waals surface area contributed by atoms with Crippen molar-refractivity contribution in [3.63, 3.8) is 0 Å². The Kier molecular flexibility index (Phi) is 6.16. The third-order valence-corrected chi connectivity index (χ3v) is 5.20. The zero-order chi connectivity index (χ0) is 21.8. The molecule has 154 valence electrons. The highest BCUT2D eigenvalue weighted by molar-refractivity contribution is 9.10. The topological polar surface area (TPSA) is 76.0 Å². The van der Waals surface area contributed by atoms with E-state index in [9.17, 15) is 9.59 Å². The van der Waals surface area contributed by atoms with E-state index < -0.39 is 5.91 Å². The van der Waals surface area contributed by atoms with Gasteiger partial charge in [-0.05, 0) is 54.6 Å². The Morgan fingerprint density at radius 2 is 1.61 bits per heavy atom. The maximum absolute atomic E-state index is 13.0. The Hall–Kier alpha value is -3.42. The smallest absolute Gasteiger partial charge is 0.261 e. The zero-order valence-corrected chi connectivity index (χ0v) is 18.4. The van der Waals surface area contributed by atoms with Crippen LogP contribution in [0.1, 0.15) is 20.7 Å². The van der Waals surface area contributed by atoms with E-state index in [-0.39, 0.29) is 17.3 Å². The van der Waals surface area contributed by atoms with Crippen LogP contribution in [0.3, 0.4) is 0 Å². The first-order chi connectivity index (χ1) is 15.0. The lowest BCUT2D eigenvalue weighted by Gasteiger charge is -2.12. The van der Waals surface area contributed by atoms with Crippen LogP contribution in [-0.2, 0) is 0 Å². The molecule has 0 aliphatic heterocycles. The molecule has 0 bridgehead atoms. The normalized spacial score (nSPS) is 10.5. The van der Waals surface area contributed by atoms with Gasteiger partial charge in [-0.25, -0.2) is 4.68 Å². The van der Waals surface area contributed by atoms with Crippen molar-refractivity contribution in [2.75, 3.05) is 10.6 Å². The lowest BCUT2D eigenvalue weighted by molar-refractivity contribution is 0.102. The molecule has 0 saturated heterocycles. The van der Waals surface area contributed by atoms with Crippen LogP contribution in [0.5, 0.6) is 0 Å². The minimum Gasteiger partial charge on any atom is -0.322 e. The molecule has 8 heteroatoms. The van der Waals surface area contributed by atoms with Gasteiger partial charge in [0.15, 0.2) is 0 Å². The largest absolute Gasteiger partial charge is 0.322 e. The van der Waals surface area contributed by atoms with Crippen molar-refractivity contribution in [1.29, 1.82) is 0 Å². The molecule has 0 aliphatic rings. The van der Waals surface area contributed by atoms with E-state index in [4.69, 9.17) is 11.6 Å². The van der Waals surface area contributed by atoms with Gasteiger partial charge in [0, 0.05) is 20.7 Å². The van der Waals surface area contributed by atoms with Gasteiger partial charge in [-0.2, -0.15) is 5.10 Å². The summed E-state index contributed by atoms with van der Waals surface area (Å²) in [6.07, 6.45) is 1.42. The quantitative estimate of drug-likeness (QED) is 0.368. The highest BCUT2D eigenvalue weighted by atomic mass is 79.9. The van der Waals surface area contributed by atoms with Crippen molar-refractivity contribution < 1.29 is 9.59 Å². The average Bonchev–Trinajstić information content (AvgIpc) is 3.18. The summed E-state index contributed by atoms with van der Waals surface area (Å²) in [5, 5.41) is 10.5. The van der Waals surface area contributed by atoms with Gasteiger partial charge in [0.25, 0.3) is 11.8 Å². The molecule has 6 nitrogen and oxygen atoms in total. The van der Waals surface area contributed by atoms with Crippen LogP contribution in [0.15, 0.2) is 89.5 Å². The summed E-state index contributed by atoms with van der Waals surface area (Å²) in [6, 6.07) is 23.0. The van der Waals surface area contributed by atoms with E-state index in [0.717, 1.165) is 4.47 Å². The third kappa shape index (κ3) is 4.84. The fourth-order valence-corrected chi connectivity index (χ4v) is 3.40. The van der Waals surface area contributed by atoms with Gasteiger partial charge in [0.1, 0.15) is 11.4 Å². The van der Waals surface area contributed by atoms with Crippen LogP contribution in [0.2, 0.25) is 5.02 Å². The maximum atomic E-state index is 13.0. The van der Waals surface area contributed by atoms with E-state index >= 15 is 0 Å². The zero-order valence-electron chi connectivity index (χ0n) is 16.0. The molecule has 2 N–H and O–H groups in total. The number of benzene rings is 3. The minimum absolute atomic E-state index is 0.217. The molecule has 4 aromatic rings. The van der Waals surface area contributed by atoms with Crippen LogP contribution in [0.25, 0.3) is 5.69 Å². The number of carbonyl (C=O) groups excluding carboxylic acids is 2. The van der Waals surface area contributed by atoms with Gasteiger partial charge in [0.05, 0.1) is 11.9 Å². The fraction of sp³-hybridized carbons (Fsp3) is 0. The van der Waals surface area contributed by atoms with E-state index in [0.29, 0.717) is 22.0 Å². The number of amides is 2. The highest BCUT2D eigenvalue weighted by Gasteiger charge is 2.21. The second-order valence-electron chi connectivity index (χ2n) is 6.58. The summed E-state index contributed by atoms with van der Waals surface area (Å²) in [5.41, 5.74) is 1.91. The van der Waals surface area contributed by atoms with Gasteiger partial charge >= 0.3 is 0 Å². The lowest BCUT2D eigenvalue weighted by atomic mass is 10.2. The predicted molar refractivity (Wildman–Crippen MR) is 125 cm³/mol. The number of nitrogens with one attached hydrogen (secondary N) is 2. The lowest BCUT2D eigenvalue weighted by Crippen LogP contribution is -2.19. The van der Waals surface area contributed by atoms with Gasteiger partial charge in [0.2, 0.25) is 0 Å². The van der Waals surface area contributed by atoms with Crippen molar-refractivity contribution in [2.24, 2.45) is 0 Å². The number of hydrogen-bond donors (Lipinski definition) is 2. The van der Waals surface area contributed by atoms with Crippen molar-refractivity contribution in [3.8, 4) is 5.69 Å². The molecule has 4 rings (SSSR count). The fourth-order valence-electron chi connectivity index (χ4n) is 2.95. The molecule has 0 fully saturated rings. The summed E-state index contributed by atoms with van der Waals surface area (Å²) in [7, 11) is 0. The van der Waals surface area contributed by atoms with Crippen LogP contribution < -0.4 is 10.6 Å². The van der Waals surface area contributed by atoms with Gasteiger partial charge in [-0.1, -0.05) is 51.8 Å². The Morgan fingerprint density at radius 1 is 0.871 bits per heavy atom. The Labute approximate surface area is 192 Å². The molecule has 2 amide bonds. The number of carbonyl (C=O) groups is 2. The number of para-hydroxylation sites is 1. The van der Waals surface area contributed by atoms with Gasteiger partial charge < -0.3 is 10.6 Å². The first kappa shape index (κ1) is 20.8. The molecule has 0 atom stereocenters. The standard InChI is InChI=1S/C23H16BrClN4O2/c24-16-11-9-15(10-12-16)22(30)28-21-20(14-26-29(21)19-7-2-1-3-8-19)23(31)27-18-6-4-5-17(25)13-18/h1-14H,(H,27,31)(H,28,30). The molecule has 0 radical (unpaired) electrons. The number of rotatable bonds is 5. The summed E-state index contributed by atoms with van der Waals surface area (Å²) in [5.74, 6) is -0.517. The summed E-state index contributed by atoms with van der Waals surface area (Å²) >= 11 is 9.37. The Bertz CT molecular complexity index is 1240. The summed E-state index contributed by atoms with van der Waals surface area (Å²) in [4.78, 5) is 25.9. The predicted octanol–water partition coefficient (Wildman–Crippen LogP) is 5.79. The van der Waals surface area contributed by atoms with Gasteiger partial charge in [-0.3, -0.25) is 9.59 Å². The highest BCUT2D eigenvalue weighted by Crippen LogP contribution is 2.23. The van der Waals surface area contributed by atoms with Crippen LogP contribution in [0, 0.1) is 0 Å². The molecule has 3 aromatic carbocycles. The first-order valence-electron chi connectivity index (χ1n) is 9.28. The molecular weight excluding hydrogens is 480 g/mol. The molecule has 0 aliphatic carbocycles. The van der Waals surface area contributed by atoms with Crippen molar-refractivity contribution in [1.82, 2.24) is 9.78 Å². The van der Waals surface area contributed by atoms with Crippen molar-refractivity contribution in [2.45, 2.75) is 0 Å². The number of nitrogens with zero attached hydrogens (tertiary/aromatic N) is 2. The molecule has 0 unspecified atom stereocenters. The number of anilines is 2.